The predicted molar refractivity (Wildman–Crippen MR) is 113 cm³/mol. The molecule has 4 aromatic rings. The van der Waals surface area contributed by atoms with Gasteiger partial charge in [-0.05, 0) is 74.3 Å². The van der Waals surface area contributed by atoms with Crippen LogP contribution in [0.4, 0.5) is 4.39 Å². The second kappa shape index (κ2) is 8.58. The van der Waals surface area contributed by atoms with E-state index in [0.717, 1.165) is 74.2 Å². The van der Waals surface area contributed by atoms with Crippen LogP contribution < -0.4 is 0 Å². The molecule has 0 unspecified atom stereocenters. The van der Waals surface area contributed by atoms with Gasteiger partial charge in [-0.1, -0.05) is 11.2 Å². The molecule has 5 nitrogen and oxygen atoms in total. The van der Waals surface area contributed by atoms with Crippen molar-refractivity contribution in [3.63, 3.8) is 0 Å². The molecule has 0 spiro atoms. The van der Waals surface area contributed by atoms with E-state index in [9.17, 15) is 4.39 Å². The molecule has 2 aromatic carbocycles. The minimum Gasteiger partial charge on any atom is -0.464 e. The summed E-state index contributed by atoms with van der Waals surface area (Å²) in [5.74, 6) is 0.0780. The van der Waals surface area contributed by atoms with Crippen molar-refractivity contribution >= 4 is 21.9 Å². The van der Waals surface area contributed by atoms with Crippen LogP contribution in [0.25, 0.3) is 21.9 Å². The first-order valence-corrected chi connectivity index (χ1v) is 10.6. The summed E-state index contributed by atoms with van der Waals surface area (Å²) in [7, 11) is 0. The van der Waals surface area contributed by atoms with Gasteiger partial charge in [-0.25, -0.2) is 4.39 Å². The van der Waals surface area contributed by atoms with Gasteiger partial charge in [0.2, 0.25) is 0 Å². The van der Waals surface area contributed by atoms with Gasteiger partial charge in [0.15, 0.2) is 5.58 Å². The van der Waals surface area contributed by atoms with Gasteiger partial charge in [-0.2, -0.15) is 0 Å². The van der Waals surface area contributed by atoms with E-state index in [0.29, 0.717) is 11.5 Å². The second-order valence-corrected chi connectivity index (χ2v) is 7.98. The Kier molecular flexibility index (Phi) is 5.51. The average molecular weight is 408 g/mol. The largest absolute Gasteiger partial charge is 0.464 e. The van der Waals surface area contributed by atoms with Crippen LogP contribution in [0.15, 0.2) is 57.7 Å². The van der Waals surface area contributed by atoms with Crippen molar-refractivity contribution in [2.45, 2.75) is 25.2 Å². The molecule has 30 heavy (non-hydrogen) atoms. The first kappa shape index (κ1) is 19.3. The molecule has 0 aliphatic carbocycles. The third kappa shape index (κ3) is 4.11. The van der Waals surface area contributed by atoms with Crippen molar-refractivity contribution in [2.75, 3.05) is 32.8 Å². The summed E-state index contributed by atoms with van der Waals surface area (Å²) in [5.41, 5.74) is 3.75. The zero-order valence-electron chi connectivity index (χ0n) is 16.9. The van der Waals surface area contributed by atoms with Gasteiger partial charge in [-0.3, -0.25) is 0 Å². The number of likely N-dealkylation sites (tertiary alicyclic amines) is 1. The number of furan rings is 1. The highest BCUT2D eigenvalue weighted by molar-refractivity contribution is 5.80. The number of fused-ring (bicyclic) bond motifs is 2. The van der Waals surface area contributed by atoms with Gasteiger partial charge in [0, 0.05) is 23.2 Å². The Labute approximate surface area is 174 Å². The molecule has 1 saturated heterocycles. The molecule has 1 fully saturated rings. The number of hydrogen-bond donors (Lipinski definition) is 0. The first-order valence-electron chi connectivity index (χ1n) is 10.6. The Balaban J connectivity index is 1.05. The molecule has 0 bridgehead atoms. The van der Waals surface area contributed by atoms with Crippen molar-refractivity contribution in [1.82, 2.24) is 10.1 Å². The van der Waals surface area contributed by atoms with Gasteiger partial charge in [0.25, 0.3) is 0 Å². The summed E-state index contributed by atoms with van der Waals surface area (Å²) < 4.78 is 30.2. The number of benzene rings is 2. The third-order valence-corrected chi connectivity index (χ3v) is 6.04. The van der Waals surface area contributed by atoms with Crippen LogP contribution in [-0.4, -0.2) is 42.9 Å². The van der Waals surface area contributed by atoms with E-state index >= 15 is 0 Å². The lowest BCUT2D eigenvalue weighted by atomic mass is 9.91. The zero-order chi connectivity index (χ0) is 20.3. The van der Waals surface area contributed by atoms with Gasteiger partial charge in [0.05, 0.1) is 25.2 Å². The molecular weight excluding hydrogens is 383 g/mol. The lowest BCUT2D eigenvalue weighted by Crippen LogP contribution is -2.35. The van der Waals surface area contributed by atoms with Crippen LogP contribution in [-0.2, 0) is 11.2 Å². The second-order valence-electron chi connectivity index (χ2n) is 7.98. The summed E-state index contributed by atoms with van der Waals surface area (Å²) in [6.07, 6.45) is 4.63. The van der Waals surface area contributed by atoms with Gasteiger partial charge in [0.1, 0.15) is 11.4 Å². The molecule has 3 heterocycles. The number of aromatic nitrogens is 1. The van der Waals surface area contributed by atoms with E-state index in [2.05, 4.69) is 22.2 Å². The van der Waals surface area contributed by atoms with Crippen molar-refractivity contribution in [3.8, 4) is 0 Å². The topological polar surface area (TPSA) is 51.6 Å². The predicted octanol–water partition coefficient (Wildman–Crippen LogP) is 5.15. The molecule has 156 valence electrons. The Bertz CT molecular complexity index is 1130. The van der Waals surface area contributed by atoms with Crippen LogP contribution in [0.2, 0.25) is 0 Å². The van der Waals surface area contributed by atoms with E-state index in [-0.39, 0.29) is 5.82 Å². The normalized spacial score (nSPS) is 16.0. The fourth-order valence-corrected chi connectivity index (χ4v) is 4.31. The molecule has 0 radical (unpaired) electrons. The third-order valence-electron chi connectivity index (χ3n) is 6.04. The van der Waals surface area contributed by atoms with Crippen molar-refractivity contribution < 1.29 is 18.1 Å². The van der Waals surface area contributed by atoms with E-state index in [1.807, 2.05) is 12.1 Å². The van der Waals surface area contributed by atoms with Crippen LogP contribution in [0.3, 0.4) is 0 Å². The maximum Gasteiger partial charge on any atom is 0.167 e. The maximum atomic E-state index is 13.6. The molecule has 0 N–H and O–H groups in total. The number of nitrogens with zero attached hydrogens (tertiary/aromatic N) is 2. The number of piperidine rings is 1. The minimum absolute atomic E-state index is 0.244. The Morgan fingerprint density at radius 1 is 1.03 bits per heavy atom. The molecule has 5 rings (SSSR count). The Morgan fingerprint density at radius 2 is 1.90 bits per heavy atom. The van der Waals surface area contributed by atoms with Crippen LogP contribution >= 0.6 is 0 Å². The highest BCUT2D eigenvalue weighted by Crippen LogP contribution is 2.32. The molecule has 0 atom stereocenters. The molecular formula is C24H25FN2O3. The number of hydrogen-bond acceptors (Lipinski definition) is 5. The number of rotatable bonds is 7. The summed E-state index contributed by atoms with van der Waals surface area (Å²) in [6.45, 7) is 4.37. The quantitative estimate of drug-likeness (QED) is 0.396. The molecule has 0 saturated carbocycles. The van der Waals surface area contributed by atoms with Gasteiger partial charge < -0.3 is 18.6 Å². The molecule has 2 aromatic heterocycles. The lowest BCUT2D eigenvalue weighted by Gasteiger charge is -2.31. The van der Waals surface area contributed by atoms with Crippen LogP contribution in [0.5, 0.6) is 0 Å². The molecule has 0 amide bonds. The zero-order valence-corrected chi connectivity index (χ0v) is 16.9. The summed E-state index contributed by atoms with van der Waals surface area (Å²) in [5, 5.41) is 6.17. The average Bonchev–Trinajstić information content (AvgIpc) is 3.40. The maximum absolute atomic E-state index is 13.6. The van der Waals surface area contributed by atoms with E-state index < -0.39 is 0 Å². The van der Waals surface area contributed by atoms with Gasteiger partial charge >= 0.3 is 0 Å². The van der Waals surface area contributed by atoms with Crippen molar-refractivity contribution in [3.05, 3.63) is 65.8 Å². The first-order chi connectivity index (χ1) is 14.8. The fraction of sp³-hybridized carbons (Fsp3) is 0.375. The minimum atomic E-state index is -0.244. The van der Waals surface area contributed by atoms with Gasteiger partial charge in [-0.15, -0.1) is 0 Å². The standard InChI is InChI=1S/C24H25FN2O3/c25-20-2-4-23-21(16-20)24(26-30-23)18-5-9-27(10-6-18)11-14-28-12-7-17-1-3-22-19(15-17)8-13-29-22/h1-4,8,13,15-16,18H,5-7,9-12,14H2. The smallest absolute Gasteiger partial charge is 0.167 e. The van der Waals surface area contributed by atoms with Crippen LogP contribution in [0.1, 0.15) is 30.0 Å². The summed E-state index contributed by atoms with van der Waals surface area (Å²) in [4.78, 5) is 2.43. The van der Waals surface area contributed by atoms with E-state index in [1.54, 1.807) is 12.3 Å². The number of halogens is 1. The molecule has 1 aliphatic heterocycles. The molecule has 1 aliphatic rings. The van der Waals surface area contributed by atoms with Crippen molar-refractivity contribution in [2.24, 2.45) is 0 Å². The summed E-state index contributed by atoms with van der Waals surface area (Å²) in [6, 6.07) is 12.9. The van der Waals surface area contributed by atoms with Crippen molar-refractivity contribution in [1.29, 1.82) is 0 Å². The Morgan fingerprint density at radius 3 is 2.80 bits per heavy atom. The monoisotopic (exact) mass is 408 g/mol. The highest BCUT2D eigenvalue weighted by atomic mass is 19.1. The SMILES string of the molecule is Fc1ccc2onc(C3CCN(CCOCCc4ccc5occc5c4)CC3)c2c1. The van der Waals surface area contributed by atoms with E-state index in [1.165, 1.54) is 17.7 Å². The fourth-order valence-electron chi connectivity index (χ4n) is 4.31. The molecule has 6 heteroatoms. The highest BCUT2D eigenvalue weighted by Gasteiger charge is 2.25. The van der Waals surface area contributed by atoms with Crippen LogP contribution in [0, 0.1) is 5.82 Å². The summed E-state index contributed by atoms with van der Waals surface area (Å²) >= 11 is 0. The van der Waals surface area contributed by atoms with E-state index in [4.69, 9.17) is 13.7 Å². The number of ether oxygens (including phenoxy) is 1. The Hall–Kier alpha value is -2.70. The lowest BCUT2D eigenvalue weighted by molar-refractivity contribution is 0.0953.